The molecular weight excluding hydrogens is 906 g/mol. The number of ether oxygens (including phenoxy) is 2. The normalized spacial score (nSPS) is 13.7. The maximum atomic E-state index is 12.8. The summed E-state index contributed by atoms with van der Waals surface area (Å²) >= 11 is 0. The molecule has 0 saturated heterocycles. The van der Waals surface area contributed by atoms with Crippen LogP contribution in [0.25, 0.3) is 0 Å². The minimum absolute atomic E-state index is 0.0312. The highest BCUT2D eigenvalue weighted by Gasteiger charge is 2.27. The first-order chi connectivity index (χ1) is 34.5. The molecule has 0 aromatic carbocycles. The van der Waals surface area contributed by atoms with Gasteiger partial charge in [0.05, 0.1) is 27.7 Å². The van der Waals surface area contributed by atoms with Crippen molar-refractivity contribution in [1.29, 1.82) is 0 Å². The summed E-state index contributed by atoms with van der Waals surface area (Å²) in [4.78, 5) is 35.5. The van der Waals surface area contributed by atoms with Gasteiger partial charge in [0.1, 0.15) is 19.8 Å². The lowest BCUT2D eigenvalue weighted by atomic mass is 10.0. The van der Waals surface area contributed by atoms with Gasteiger partial charge < -0.3 is 18.9 Å². The molecule has 0 radical (unpaired) electrons. The number of rotatable bonds is 54. The van der Waals surface area contributed by atoms with Crippen molar-refractivity contribution in [2.24, 2.45) is 0 Å². The highest BCUT2D eigenvalue weighted by Crippen LogP contribution is 2.43. The Morgan fingerprint density at radius 3 is 1.21 bits per heavy atom. The van der Waals surface area contributed by atoms with Crippen molar-refractivity contribution in [2.45, 2.75) is 270 Å². The van der Waals surface area contributed by atoms with E-state index in [0.29, 0.717) is 17.4 Å². The van der Waals surface area contributed by atoms with Gasteiger partial charge in [-0.25, -0.2) is 4.57 Å². The molecule has 0 aliphatic carbocycles. The van der Waals surface area contributed by atoms with Gasteiger partial charge in [0.2, 0.25) is 0 Å². The molecule has 0 aliphatic heterocycles. The predicted molar refractivity (Wildman–Crippen MR) is 303 cm³/mol. The number of esters is 2. The van der Waals surface area contributed by atoms with Gasteiger partial charge in [-0.2, -0.15) is 0 Å². The van der Waals surface area contributed by atoms with Crippen LogP contribution in [0.15, 0.2) is 60.8 Å². The van der Waals surface area contributed by atoms with Gasteiger partial charge in [-0.15, -0.1) is 0 Å². The van der Waals surface area contributed by atoms with E-state index in [1.807, 2.05) is 21.1 Å². The van der Waals surface area contributed by atoms with Gasteiger partial charge in [0.15, 0.2) is 6.10 Å². The van der Waals surface area contributed by atoms with Crippen LogP contribution in [-0.2, 0) is 32.7 Å². The molecule has 10 heteroatoms. The fraction of sp³-hybridized carbons (Fsp3) is 0.803. The summed E-state index contributed by atoms with van der Waals surface area (Å²) in [6, 6.07) is 0. The number of phosphoric acid groups is 1. The Morgan fingerprint density at radius 2 is 0.803 bits per heavy atom. The number of phosphoric ester groups is 1. The second-order valence-electron chi connectivity index (χ2n) is 21.0. The smallest absolute Gasteiger partial charge is 0.462 e. The van der Waals surface area contributed by atoms with E-state index < -0.39 is 26.5 Å². The van der Waals surface area contributed by atoms with Gasteiger partial charge >= 0.3 is 19.8 Å². The van der Waals surface area contributed by atoms with Gasteiger partial charge in [0.25, 0.3) is 0 Å². The third kappa shape index (κ3) is 56.9. The van der Waals surface area contributed by atoms with E-state index in [-0.39, 0.29) is 32.0 Å². The highest BCUT2D eigenvalue weighted by molar-refractivity contribution is 7.47. The van der Waals surface area contributed by atoms with Gasteiger partial charge in [-0.3, -0.25) is 18.6 Å². The molecule has 2 unspecified atom stereocenters. The van der Waals surface area contributed by atoms with E-state index in [4.69, 9.17) is 18.5 Å². The van der Waals surface area contributed by atoms with Crippen LogP contribution in [0.4, 0.5) is 0 Å². The fourth-order valence-corrected chi connectivity index (χ4v) is 8.99. The van der Waals surface area contributed by atoms with Gasteiger partial charge in [-0.05, 0) is 70.6 Å². The molecule has 0 aromatic heterocycles. The van der Waals surface area contributed by atoms with Crippen molar-refractivity contribution in [3.05, 3.63) is 60.8 Å². The first kappa shape index (κ1) is 68.7. The second-order valence-corrected chi connectivity index (χ2v) is 22.5. The highest BCUT2D eigenvalue weighted by atomic mass is 31.2. The predicted octanol–water partition coefficient (Wildman–Crippen LogP) is 18.3. The van der Waals surface area contributed by atoms with Crippen LogP contribution < -0.4 is 0 Å². The largest absolute Gasteiger partial charge is 0.472 e. The minimum atomic E-state index is -4.38. The van der Waals surface area contributed by atoms with Crippen LogP contribution in [0.5, 0.6) is 0 Å². The molecule has 0 rings (SSSR count). The molecule has 9 nitrogen and oxygen atoms in total. The topological polar surface area (TPSA) is 108 Å². The van der Waals surface area contributed by atoms with Crippen molar-refractivity contribution >= 4 is 19.8 Å². The zero-order valence-electron chi connectivity index (χ0n) is 47.0. The summed E-state index contributed by atoms with van der Waals surface area (Å²) in [5.41, 5.74) is 0. The third-order valence-electron chi connectivity index (χ3n) is 12.8. The SMILES string of the molecule is CC/C=C\C/C=C\C/C=C\C/C=C\CCCCCCCCCCCCCCCCCCCCCCCCCCC(=O)OC(COC(=O)CCCCCCC/C=C\CCC)COP(=O)(O)OCC[N+](C)(C)C. The number of allylic oxidation sites excluding steroid dienone is 10. The molecule has 0 amide bonds. The van der Waals surface area contributed by atoms with Crippen molar-refractivity contribution < 1.29 is 42.1 Å². The number of unbranched alkanes of at least 4 members (excludes halogenated alkanes) is 30. The Hall–Kier alpha value is -2.29. The number of nitrogens with zero attached hydrogens (tertiary/aromatic N) is 1. The zero-order chi connectivity index (χ0) is 52.0. The Kier molecular flexibility index (Phi) is 50.9. The monoisotopic (exact) mass is 1020 g/mol. The van der Waals surface area contributed by atoms with Crippen LogP contribution in [0.2, 0.25) is 0 Å². The molecule has 0 aliphatic rings. The molecule has 71 heavy (non-hydrogen) atoms. The maximum absolute atomic E-state index is 12.8. The molecular formula is C61H113NO8P+. The van der Waals surface area contributed by atoms with E-state index in [1.165, 1.54) is 148 Å². The summed E-state index contributed by atoms with van der Waals surface area (Å²) < 4.78 is 34.4. The van der Waals surface area contributed by atoms with Gasteiger partial charge in [0, 0.05) is 12.8 Å². The van der Waals surface area contributed by atoms with E-state index in [1.54, 1.807) is 0 Å². The number of hydrogen-bond acceptors (Lipinski definition) is 7. The molecule has 0 fully saturated rings. The summed E-state index contributed by atoms with van der Waals surface area (Å²) in [5.74, 6) is -0.802. The van der Waals surface area contributed by atoms with Gasteiger partial charge in [-0.1, -0.05) is 242 Å². The summed E-state index contributed by atoms with van der Waals surface area (Å²) in [5, 5.41) is 0. The van der Waals surface area contributed by atoms with Crippen LogP contribution in [0.1, 0.15) is 264 Å². The van der Waals surface area contributed by atoms with Crippen molar-refractivity contribution in [1.82, 2.24) is 0 Å². The molecule has 2 atom stereocenters. The van der Waals surface area contributed by atoms with E-state index >= 15 is 0 Å². The Bertz CT molecular complexity index is 1380. The van der Waals surface area contributed by atoms with Crippen LogP contribution >= 0.6 is 7.82 Å². The summed E-state index contributed by atoms with van der Waals surface area (Å²) in [6.07, 6.45) is 67.6. The number of likely N-dealkylation sites (N-methyl/N-ethyl adjacent to an activating group) is 1. The quantitative estimate of drug-likeness (QED) is 0.0211. The van der Waals surface area contributed by atoms with Crippen molar-refractivity contribution in [3.8, 4) is 0 Å². The molecule has 0 saturated carbocycles. The Morgan fingerprint density at radius 1 is 0.451 bits per heavy atom. The first-order valence-electron chi connectivity index (χ1n) is 29.5. The minimum Gasteiger partial charge on any atom is -0.462 e. The zero-order valence-corrected chi connectivity index (χ0v) is 47.9. The molecule has 0 bridgehead atoms. The number of hydrogen-bond donors (Lipinski definition) is 1. The van der Waals surface area contributed by atoms with Crippen LogP contribution in [-0.4, -0.2) is 74.9 Å². The lowest BCUT2D eigenvalue weighted by molar-refractivity contribution is -0.870. The standard InChI is InChI=1S/C61H112NO8P/c1-6-8-10-12-14-16-18-19-20-21-22-23-24-25-26-27-28-29-30-31-32-33-34-35-36-37-38-39-40-41-42-43-44-46-48-50-52-54-61(64)70-59(58-69-71(65,66)68-56-55-62(3,4)5)57-67-60(63)53-51-49-47-45-17-15-13-11-9-7-2/h8,10-11,13-14,16,19-20,22-23,59H,6-7,9,12,15,17-18,21,24-58H2,1-5H3/p+1/b10-8-,13-11-,16-14-,20-19-,23-22-. The molecule has 0 spiro atoms. The first-order valence-corrected chi connectivity index (χ1v) is 31.0. The lowest BCUT2D eigenvalue weighted by Crippen LogP contribution is -2.37. The Balaban J connectivity index is 3.87. The lowest BCUT2D eigenvalue weighted by Gasteiger charge is -2.24. The van der Waals surface area contributed by atoms with Crippen molar-refractivity contribution in [2.75, 3.05) is 47.5 Å². The average molecular weight is 1020 g/mol. The third-order valence-corrected chi connectivity index (χ3v) is 13.7. The summed E-state index contributed by atoms with van der Waals surface area (Å²) in [7, 11) is 1.48. The average Bonchev–Trinajstić information content (AvgIpc) is 3.33. The molecule has 414 valence electrons. The number of carbonyl (C=O) groups excluding carboxylic acids is 2. The van der Waals surface area contributed by atoms with E-state index in [9.17, 15) is 19.0 Å². The second kappa shape index (κ2) is 52.6. The number of quaternary nitrogens is 1. The van der Waals surface area contributed by atoms with Crippen molar-refractivity contribution in [3.63, 3.8) is 0 Å². The molecule has 1 N–H and O–H groups in total. The molecule has 0 heterocycles. The Labute approximate surface area is 438 Å². The fourth-order valence-electron chi connectivity index (χ4n) is 8.25. The van der Waals surface area contributed by atoms with Crippen LogP contribution in [0.3, 0.4) is 0 Å². The molecule has 0 aromatic rings. The van der Waals surface area contributed by atoms with Crippen LogP contribution in [0, 0.1) is 0 Å². The van der Waals surface area contributed by atoms with E-state index in [0.717, 1.165) is 83.5 Å². The van der Waals surface area contributed by atoms with E-state index in [2.05, 4.69) is 74.6 Å². The number of carbonyl (C=O) groups is 2. The maximum Gasteiger partial charge on any atom is 0.472 e. The summed E-state index contributed by atoms with van der Waals surface area (Å²) in [6.45, 7) is 4.26.